The van der Waals surface area contributed by atoms with Crippen LogP contribution in [0.4, 0.5) is 0 Å². The third-order valence-electron chi connectivity index (χ3n) is 2.82. The number of hydrogen-bond donors (Lipinski definition) is 1. The average Bonchev–Trinajstić information content (AvgIpc) is 2.40. The average molecular weight is 261 g/mol. The molecular formula is C16H23NO2. The van der Waals surface area contributed by atoms with Gasteiger partial charge in [0, 0.05) is 18.5 Å². The highest BCUT2D eigenvalue weighted by Gasteiger charge is 2.05. The Morgan fingerprint density at radius 1 is 1.37 bits per heavy atom. The monoisotopic (exact) mass is 261 g/mol. The highest BCUT2D eigenvalue weighted by molar-refractivity contribution is 5.45. The van der Waals surface area contributed by atoms with E-state index in [1.807, 2.05) is 18.2 Å². The molecular weight excluding hydrogens is 238 g/mol. The highest BCUT2D eigenvalue weighted by atomic mass is 16.5. The molecule has 1 aromatic carbocycles. The molecule has 3 nitrogen and oxygen atoms in total. The van der Waals surface area contributed by atoms with Gasteiger partial charge in [-0.2, -0.15) is 0 Å². The van der Waals surface area contributed by atoms with E-state index < -0.39 is 0 Å². The summed E-state index contributed by atoms with van der Waals surface area (Å²) in [6.07, 6.45) is 1.64. The van der Waals surface area contributed by atoms with Crippen molar-refractivity contribution in [3.05, 3.63) is 29.3 Å². The van der Waals surface area contributed by atoms with Crippen LogP contribution in [-0.4, -0.2) is 37.3 Å². The van der Waals surface area contributed by atoms with Gasteiger partial charge in [-0.05, 0) is 43.8 Å². The predicted molar refractivity (Wildman–Crippen MR) is 78.2 cm³/mol. The van der Waals surface area contributed by atoms with Crippen molar-refractivity contribution in [3.8, 4) is 17.6 Å². The number of aliphatic hydroxyl groups excluding tert-OH is 1. The van der Waals surface area contributed by atoms with Crippen LogP contribution in [0.1, 0.15) is 30.9 Å². The fraction of sp³-hybridized carbons (Fsp3) is 0.500. The molecule has 1 aromatic rings. The van der Waals surface area contributed by atoms with Crippen molar-refractivity contribution >= 4 is 0 Å². The van der Waals surface area contributed by atoms with Crippen LogP contribution < -0.4 is 4.74 Å². The van der Waals surface area contributed by atoms with Crippen LogP contribution in [0.2, 0.25) is 0 Å². The third kappa shape index (κ3) is 5.34. The van der Waals surface area contributed by atoms with E-state index in [0.717, 1.165) is 30.8 Å². The first-order valence-electron chi connectivity index (χ1n) is 6.66. The highest BCUT2D eigenvalue weighted by Crippen LogP contribution is 2.18. The zero-order chi connectivity index (χ0) is 14.1. The molecule has 0 unspecified atom stereocenters. The number of nitrogens with zero attached hydrogens (tertiary/aromatic N) is 1. The maximum atomic E-state index is 8.78. The topological polar surface area (TPSA) is 32.7 Å². The molecule has 3 heteroatoms. The van der Waals surface area contributed by atoms with Gasteiger partial charge in [-0.1, -0.05) is 18.8 Å². The fourth-order valence-electron chi connectivity index (χ4n) is 1.92. The second-order valence-corrected chi connectivity index (χ2v) is 4.54. The van der Waals surface area contributed by atoms with Crippen LogP contribution in [0.3, 0.4) is 0 Å². The Morgan fingerprint density at radius 2 is 2.16 bits per heavy atom. The van der Waals surface area contributed by atoms with E-state index in [4.69, 9.17) is 9.84 Å². The zero-order valence-corrected chi connectivity index (χ0v) is 12.1. The van der Waals surface area contributed by atoms with E-state index in [1.54, 1.807) is 7.11 Å². The zero-order valence-electron chi connectivity index (χ0n) is 12.1. The normalized spacial score (nSPS) is 10.2. The molecule has 0 amide bonds. The molecule has 1 rings (SSSR count). The molecule has 0 saturated heterocycles. The first-order valence-corrected chi connectivity index (χ1v) is 6.66. The lowest BCUT2D eigenvalue weighted by molar-refractivity contribution is 0.305. The van der Waals surface area contributed by atoms with Crippen molar-refractivity contribution in [3.63, 3.8) is 0 Å². The van der Waals surface area contributed by atoms with Gasteiger partial charge in [0.05, 0.1) is 13.7 Å². The Balaban J connectivity index is 2.93. The maximum Gasteiger partial charge on any atom is 0.119 e. The summed E-state index contributed by atoms with van der Waals surface area (Å²) in [5.41, 5.74) is 2.18. The second kappa shape index (κ2) is 8.58. The van der Waals surface area contributed by atoms with Crippen LogP contribution in [0, 0.1) is 11.8 Å². The number of benzene rings is 1. The standard InChI is InChI=1S/C16H23NO2/c1-4-10-17(2)13-15-12-16(19-3)9-8-14(15)7-5-6-11-18/h8-9,12,18H,4,6,10-11,13H2,1-3H3. The number of methoxy groups -OCH3 is 1. The van der Waals surface area contributed by atoms with Crippen molar-refractivity contribution < 1.29 is 9.84 Å². The minimum absolute atomic E-state index is 0.105. The number of ether oxygens (including phenoxy) is 1. The minimum Gasteiger partial charge on any atom is -0.497 e. The van der Waals surface area contributed by atoms with Gasteiger partial charge in [0.2, 0.25) is 0 Å². The molecule has 0 aromatic heterocycles. The van der Waals surface area contributed by atoms with E-state index >= 15 is 0 Å². The summed E-state index contributed by atoms with van der Waals surface area (Å²) in [6, 6.07) is 5.94. The Kier molecular flexibility index (Phi) is 7.02. The van der Waals surface area contributed by atoms with Gasteiger partial charge in [0.15, 0.2) is 0 Å². The largest absolute Gasteiger partial charge is 0.497 e. The summed E-state index contributed by atoms with van der Waals surface area (Å²) in [7, 11) is 3.78. The Bertz CT molecular complexity index is 446. The molecule has 0 spiro atoms. The maximum absolute atomic E-state index is 8.78. The first-order chi connectivity index (χ1) is 9.21. The number of hydrogen-bond acceptors (Lipinski definition) is 3. The van der Waals surface area contributed by atoms with Crippen molar-refractivity contribution in [2.45, 2.75) is 26.3 Å². The number of aliphatic hydroxyl groups is 1. The molecule has 0 aliphatic rings. The van der Waals surface area contributed by atoms with Gasteiger partial charge in [-0.25, -0.2) is 0 Å². The molecule has 1 N–H and O–H groups in total. The lowest BCUT2D eigenvalue weighted by atomic mass is 10.1. The Labute approximate surface area is 116 Å². The van der Waals surface area contributed by atoms with Crippen LogP contribution in [-0.2, 0) is 6.54 Å². The van der Waals surface area contributed by atoms with Crippen molar-refractivity contribution in [2.24, 2.45) is 0 Å². The van der Waals surface area contributed by atoms with E-state index in [1.165, 1.54) is 5.56 Å². The molecule has 0 saturated carbocycles. The first kappa shape index (κ1) is 15.6. The molecule has 0 bridgehead atoms. The summed E-state index contributed by atoms with van der Waals surface area (Å²) < 4.78 is 5.27. The summed E-state index contributed by atoms with van der Waals surface area (Å²) in [5, 5.41) is 8.78. The van der Waals surface area contributed by atoms with Crippen LogP contribution in [0.5, 0.6) is 5.75 Å². The van der Waals surface area contributed by atoms with Crippen LogP contribution >= 0.6 is 0 Å². The van der Waals surface area contributed by atoms with Gasteiger partial charge in [-0.15, -0.1) is 0 Å². The lowest BCUT2D eigenvalue weighted by Crippen LogP contribution is -2.19. The quantitative estimate of drug-likeness (QED) is 0.797. The minimum atomic E-state index is 0.105. The molecule has 0 aliphatic heterocycles. The fourth-order valence-corrected chi connectivity index (χ4v) is 1.92. The van der Waals surface area contributed by atoms with Gasteiger partial charge >= 0.3 is 0 Å². The molecule has 0 heterocycles. The Morgan fingerprint density at radius 3 is 2.79 bits per heavy atom. The SMILES string of the molecule is CCCN(C)Cc1cc(OC)ccc1C#CCCO. The lowest BCUT2D eigenvalue weighted by Gasteiger charge is -2.17. The molecule has 19 heavy (non-hydrogen) atoms. The van der Waals surface area contributed by atoms with E-state index in [2.05, 4.69) is 30.7 Å². The summed E-state index contributed by atoms with van der Waals surface area (Å²) >= 11 is 0. The molecule has 0 radical (unpaired) electrons. The molecule has 0 fully saturated rings. The third-order valence-corrected chi connectivity index (χ3v) is 2.82. The molecule has 0 aliphatic carbocycles. The second-order valence-electron chi connectivity index (χ2n) is 4.54. The van der Waals surface area contributed by atoms with E-state index in [9.17, 15) is 0 Å². The Hall–Kier alpha value is -1.50. The van der Waals surface area contributed by atoms with E-state index in [-0.39, 0.29) is 6.61 Å². The van der Waals surface area contributed by atoms with Crippen molar-refractivity contribution in [1.29, 1.82) is 0 Å². The summed E-state index contributed by atoms with van der Waals surface area (Å²) in [5.74, 6) is 6.95. The van der Waals surface area contributed by atoms with Gasteiger partial charge in [-0.3, -0.25) is 0 Å². The van der Waals surface area contributed by atoms with Gasteiger partial charge < -0.3 is 14.7 Å². The van der Waals surface area contributed by atoms with Crippen molar-refractivity contribution in [1.82, 2.24) is 4.90 Å². The summed E-state index contributed by atoms with van der Waals surface area (Å²) in [6.45, 7) is 4.19. The van der Waals surface area contributed by atoms with Gasteiger partial charge in [0.1, 0.15) is 5.75 Å². The molecule has 0 atom stereocenters. The van der Waals surface area contributed by atoms with Crippen LogP contribution in [0.25, 0.3) is 0 Å². The predicted octanol–water partition coefficient (Wildman–Crippen LogP) is 2.27. The number of rotatable bonds is 6. The smallest absolute Gasteiger partial charge is 0.119 e. The van der Waals surface area contributed by atoms with Gasteiger partial charge in [0.25, 0.3) is 0 Å². The van der Waals surface area contributed by atoms with Crippen molar-refractivity contribution in [2.75, 3.05) is 27.3 Å². The summed E-state index contributed by atoms with van der Waals surface area (Å²) in [4.78, 5) is 2.27. The van der Waals surface area contributed by atoms with Crippen LogP contribution in [0.15, 0.2) is 18.2 Å². The van der Waals surface area contributed by atoms with E-state index in [0.29, 0.717) is 6.42 Å². The molecule has 104 valence electrons.